The Bertz CT molecular complexity index is 344. The predicted molar refractivity (Wildman–Crippen MR) is 47.7 cm³/mol. The van der Waals surface area contributed by atoms with E-state index in [9.17, 15) is 5.11 Å². The smallest absolute Gasteiger partial charge is 0.190 e. The summed E-state index contributed by atoms with van der Waals surface area (Å²) < 4.78 is 1.21. The fraction of sp³-hybridized carbons (Fsp3) is 0.125. The van der Waals surface area contributed by atoms with Crippen molar-refractivity contribution in [1.82, 2.24) is 4.09 Å². The van der Waals surface area contributed by atoms with Gasteiger partial charge in [-0.1, -0.05) is 6.58 Å². The van der Waals surface area contributed by atoms with Crippen molar-refractivity contribution in [3.63, 3.8) is 0 Å². The number of nitrogens with zero attached hydrogens (tertiary/aromatic N) is 2. The van der Waals surface area contributed by atoms with Crippen molar-refractivity contribution in [2.75, 3.05) is 0 Å². The van der Waals surface area contributed by atoms with Gasteiger partial charge in [-0.15, -0.1) is 0 Å². The molecule has 0 unspecified atom stereocenters. The van der Waals surface area contributed by atoms with Crippen LogP contribution in [0.2, 0.25) is 0 Å². The van der Waals surface area contributed by atoms with Crippen LogP contribution in [-0.2, 0) is 0 Å². The van der Waals surface area contributed by atoms with Crippen molar-refractivity contribution in [3.8, 4) is 5.75 Å². The van der Waals surface area contributed by atoms with E-state index in [1.807, 2.05) is 0 Å². The molecule has 0 atom stereocenters. The van der Waals surface area contributed by atoms with Gasteiger partial charge in [0.25, 0.3) is 0 Å². The zero-order valence-corrected chi connectivity index (χ0v) is 7.41. The fourth-order valence-corrected chi connectivity index (χ4v) is 0.940. The Hall–Kier alpha value is -1.22. The maximum atomic E-state index is 9.30. The van der Waals surface area contributed by atoms with Crippen molar-refractivity contribution in [2.45, 2.75) is 6.92 Å². The van der Waals surface area contributed by atoms with Gasteiger partial charge in [0, 0.05) is 23.7 Å². The van der Waals surface area contributed by atoms with Gasteiger partial charge in [-0.2, -0.15) is 0 Å². The number of rotatable bonds is 1. The Morgan fingerprint density at radius 1 is 1.75 bits per heavy atom. The molecule has 0 aliphatic carbocycles. The molecule has 12 heavy (non-hydrogen) atoms. The predicted octanol–water partition coefficient (Wildman–Crippen LogP) is 1.63. The summed E-state index contributed by atoms with van der Waals surface area (Å²) in [5, 5.41) is 9.30. The minimum Gasteiger partial charge on any atom is -0.504 e. The molecular formula is C8H9ClN2O. The first kappa shape index (κ1) is 8.87. The zero-order valence-electron chi connectivity index (χ0n) is 6.66. The highest BCUT2D eigenvalue weighted by molar-refractivity contribution is 6.15. The molecule has 0 radical (unpaired) electrons. The van der Waals surface area contributed by atoms with Crippen LogP contribution in [0, 0.1) is 0 Å². The van der Waals surface area contributed by atoms with Crippen LogP contribution in [0.3, 0.4) is 0 Å². The third-order valence-electron chi connectivity index (χ3n) is 1.20. The molecule has 0 spiro atoms. The first-order chi connectivity index (χ1) is 5.61. The molecule has 0 saturated heterocycles. The average molecular weight is 185 g/mol. The summed E-state index contributed by atoms with van der Waals surface area (Å²) in [5.74, 6) is 0.0375. The normalized spacial score (nSPS) is 11.7. The first-order valence-electron chi connectivity index (χ1n) is 3.38. The van der Waals surface area contributed by atoms with Gasteiger partial charge < -0.3 is 5.11 Å². The van der Waals surface area contributed by atoms with E-state index in [-0.39, 0.29) is 5.75 Å². The molecule has 0 aliphatic heterocycles. The lowest BCUT2D eigenvalue weighted by Gasteiger charge is -1.97. The molecule has 64 valence electrons. The highest BCUT2D eigenvalue weighted by Gasteiger charge is 1.95. The van der Waals surface area contributed by atoms with Crippen molar-refractivity contribution in [2.24, 2.45) is 4.99 Å². The summed E-state index contributed by atoms with van der Waals surface area (Å²) in [6, 6.07) is 3.14. The van der Waals surface area contributed by atoms with Gasteiger partial charge in [0.15, 0.2) is 11.2 Å². The molecule has 0 saturated carbocycles. The summed E-state index contributed by atoms with van der Waals surface area (Å²) in [6.45, 7) is 5.31. The molecular weight excluding hydrogens is 176 g/mol. The van der Waals surface area contributed by atoms with E-state index >= 15 is 0 Å². The Morgan fingerprint density at radius 2 is 2.42 bits per heavy atom. The van der Waals surface area contributed by atoms with E-state index in [2.05, 4.69) is 11.6 Å². The summed E-state index contributed by atoms with van der Waals surface area (Å²) in [7, 11) is 0. The maximum Gasteiger partial charge on any atom is 0.190 e. The number of aromatic hydroxyl groups is 1. The molecule has 0 aromatic carbocycles. The van der Waals surface area contributed by atoms with Crippen LogP contribution in [0.1, 0.15) is 6.92 Å². The number of allylic oxidation sites excluding steroid dienone is 1. The second kappa shape index (κ2) is 3.45. The molecule has 0 fully saturated rings. The summed E-state index contributed by atoms with van der Waals surface area (Å²) in [4.78, 5) is 3.95. The van der Waals surface area contributed by atoms with Gasteiger partial charge in [0.05, 0.1) is 0 Å². The topological polar surface area (TPSA) is 37.5 Å². The number of hydrogen-bond donors (Lipinski definition) is 1. The Labute approximate surface area is 75.4 Å². The lowest BCUT2D eigenvalue weighted by Crippen LogP contribution is -2.12. The third kappa shape index (κ3) is 1.89. The molecule has 1 rings (SSSR count). The second-order valence-electron chi connectivity index (χ2n) is 2.38. The Kier molecular flexibility index (Phi) is 2.55. The highest BCUT2D eigenvalue weighted by atomic mass is 35.5. The van der Waals surface area contributed by atoms with Crippen LogP contribution in [0.5, 0.6) is 5.75 Å². The number of pyridine rings is 1. The van der Waals surface area contributed by atoms with Crippen LogP contribution in [0.25, 0.3) is 0 Å². The van der Waals surface area contributed by atoms with Crippen LogP contribution in [-0.4, -0.2) is 9.19 Å². The molecule has 1 aromatic heterocycles. The Balaban J connectivity index is 3.40. The van der Waals surface area contributed by atoms with Crippen molar-refractivity contribution in [1.29, 1.82) is 0 Å². The zero-order chi connectivity index (χ0) is 9.14. The van der Waals surface area contributed by atoms with Gasteiger partial charge in [0.2, 0.25) is 0 Å². The minimum atomic E-state index is 0.0375. The van der Waals surface area contributed by atoms with Crippen molar-refractivity contribution < 1.29 is 5.11 Å². The van der Waals surface area contributed by atoms with Crippen LogP contribution < -0.4 is 5.49 Å². The van der Waals surface area contributed by atoms with Gasteiger partial charge in [0.1, 0.15) is 0 Å². The summed E-state index contributed by atoms with van der Waals surface area (Å²) in [5.41, 5.74) is 0.887. The van der Waals surface area contributed by atoms with E-state index in [1.54, 1.807) is 19.2 Å². The molecule has 4 heteroatoms. The van der Waals surface area contributed by atoms with E-state index in [0.717, 1.165) is 0 Å². The summed E-state index contributed by atoms with van der Waals surface area (Å²) >= 11 is 5.70. The van der Waals surface area contributed by atoms with Crippen LogP contribution in [0.4, 0.5) is 0 Å². The standard InChI is InChI=1S/C8H9ClN2O/c1-6(2)10-8-7(12)4-3-5-11(8)9/h3-5,12H,1H2,2H3. The largest absolute Gasteiger partial charge is 0.504 e. The van der Waals surface area contributed by atoms with Gasteiger partial charge in [-0.25, -0.2) is 9.08 Å². The molecule has 1 heterocycles. The minimum absolute atomic E-state index is 0.0375. The van der Waals surface area contributed by atoms with Crippen LogP contribution >= 0.6 is 11.8 Å². The Morgan fingerprint density at radius 3 is 2.92 bits per heavy atom. The lowest BCUT2D eigenvalue weighted by atomic mass is 10.4. The first-order valence-corrected chi connectivity index (χ1v) is 3.72. The monoisotopic (exact) mass is 184 g/mol. The summed E-state index contributed by atoms with van der Waals surface area (Å²) in [6.07, 6.45) is 1.59. The van der Waals surface area contributed by atoms with Crippen LogP contribution in [0.15, 0.2) is 35.6 Å². The third-order valence-corrected chi connectivity index (χ3v) is 1.47. The second-order valence-corrected chi connectivity index (χ2v) is 2.74. The number of aromatic nitrogens is 1. The molecule has 0 aliphatic rings. The van der Waals surface area contributed by atoms with E-state index in [4.69, 9.17) is 11.8 Å². The maximum absolute atomic E-state index is 9.30. The van der Waals surface area contributed by atoms with E-state index in [0.29, 0.717) is 11.2 Å². The van der Waals surface area contributed by atoms with E-state index < -0.39 is 0 Å². The van der Waals surface area contributed by atoms with Crippen molar-refractivity contribution in [3.05, 3.63) is 36.1 Å². The molecule has 3 nitrogen and oxygen atoms in total. The number of halogens is 1. The van der Waals surface area contributed by atoms with Gasteiger partial charge >= 0.3 is 0 Å². The SMILES string of the molecule is C=C(C)N=c1c(O)cccn1Cl. The lowest BCUT2D eigenvalue weighted by molar-refractivity contribution is 0.462. The quantitative estimate of drug-likeness (QED) is 0.708. The molecule has 1 aromatic rings. The molecule has 0 bridgehead atoms. The van der Waals surface area contributed by atoms with Gasteiger partial charge in [-0.05, 0) is 19.1 Å². The highest BCUT2D eigenvalue weighted by Crippen LogP contribution is 2.00. The van der Waals surface area contributed by atoms with Crippen molar-refractivity contribution >= 4 is 11.8 Å². The average Bonchev–Trinajstić information content (AvgIpc) is 1.97. The van der Waals surface area contributed by atoms with Gasteiger partial charge in [-0.3, -0.25) is 0 Å². The molecule has 0 amide bonds. The number of hydrogen-bond acceptors (Lipinski definition) is 2. The fourth-order valence-electron chi connectivity index (χ4n) is 0.750. The van der Waals surface area contributed by atoms with E-state index in [1.165, 1.54) is 10.2 Å². The molecule has 1 N–H and O–H groups in total.